The number of sulfonamides is 1. The van der Waals surface area contributed by atoms with Gasteiger partial charge in [0.1, 0.15) is 4.90 Å². The van der Waals surface area contributed by atoms with E-state index in [0.29, 0.717) is 4.68 Å². The Labute approximate surface area is 211 Å². The number of pyridine rings is 1. The van der Waals surface area contributed by atoms with E-state index < -0.39 is 49.6 Å². The third-order valence-corrected chi connectivity index (χ3v) is 6.29. The topological polar surface area (TPSA) is 176 Å². The number of alkyl halides is 2. The maximum Gasteiger partial charge on any atom is 0.349 e. The molecule has 12 nitrogen and oxygen atoms in total. The fraction of sp³-hybridized carbons (Fsp3) is 0.263. The van der Waals surface area contributed by atoms with Gasteiger partial charge in [-0.2, -0.15) is 9.78 Å². The Morgan fingerprint density at radius 1 is 1.22 bits per heavy atom. The van der Waals surface area contributed by atoms with Crippen molar-refractivity contribution in [3.8, 4) is 23.1 Å². The van der Waals surface area contributed by atoms with Gasteiger partial charge in [-0.15, -0.1) is 0 Å². The number of benzene rings is 1. The lowest BCUT2D eigenvalue weighted by Crippen LogP contribution is -2.38. The predicted octanol–water partition coefficient (Wildman–Crippen LogP) is 2.11. The summed E-state index contributed by atoms with van der Waals surface area (Å²) in [5.74, 6) is -1.34. The molecule has 0 aliphatic heterocycles. The van der Waals surface area contributed by atoms with E-state index in [0.717, 1.165) is 24.4 Å². The summed E-state index contributed by atoms with van der Waals surface area (Å²) in [5.41, 5.74) is -5.28. The van der Waals surface area contributed by atoms with Gasteiger partial charge in [0, 0.05) is 12.6 Å². The minimum atomic E-state index is -4.30. The molecule has 0 radical (unpaired) electrons. The quantitative estimate of drug-likeness (QED) is 0.317. The lowest BCUT2D eigenvalue weighted by atomic mass is 10.1. The number of aromatic nitrogens is 4. The van der Waals surface area contributed by atoms with Gasteiger partial charge in [-0.3, -0.25) is 9.78 Å². The van der Waals surface area contributed by atoms with Gasteiger partial charge in [-0.1, -0.05) is 23.2 Å². The van der Waals surface area contributed by atoms with Crippen LogP contribution in [0.3, 0.4) is 0 Å². The fourth-order valence-electron chi connectivity index (χ4n) is 2.63. The molecule has 0 amide bonds. The molecule has 2 aromatic heterocycles. The largest absolute Gasteiger partial charge is 0.505 e. The highest BCUT2D eigenvalue weighted by Crippen LogP contribution is 2.38. The van der Waals surface area contributed by atoms with Crippen molar-refractivity contribution in [3.05, 3.63) is 61.0 Å². The Morgan fingerprint density at radius 2 is 1.83 bits per heavy atom. The third-order valence-electron chi connectivity index (χ3n) is 4.30. The van der Waals surface area contributed by atoms with Crippen molar-refractivity contribution in [1.82, 2.24) is 24.5 Å². The molecule has 0 bridgehead atoms. The average Bonchev–Trinajstić information content (AvgIpc) is 2.75. The number of nitrogens with zero attached hydrogens (tertiary/aromatic N) is 3. The summed E-state index contributed by atoms with van der Waals surface area (Å²) in [4.78, 5) is 28.4. The third kappa shape index (κ3) is 6.17. The van der Waals surface area contributed by atoms with E-state index in [4.69, 9.17) is 27.9 Å². The molecule has 0 aliphatic carbocycles. The van der Waals surface area contributed by atoms with Crippen LogP contribution in [0.15, 0.2) is 38.9 Å². The monoisotopic (exact) mass is 567 g/mol. The fourth-order valence-corrected chi connectivity index (χ4v) is 4.47. The number of aromatic amines is 1. The summed E-state index contributed by atoms with van der Waals surface area (Å²) in [5, 5.41) is 22.5. The number of nitrogens with one attached hydrogen (secondary N) is 2. The molecule has 0 aliphatic rings. The molecule has 0 saturated heterocycles. The number of ether oxygens (including phenoxy) is 1. The van der Waals surface area contributed by atoms with Crippen molar-refractivity contribution >= 4 is 33.2 Å². The number of aliphatic hydroxyl groups is 1. The number of hydrogen-bond acceptors (Lipinski definition) is 9. The highest BCUT2D eigenvalue weighted by atomic mass is 35.5. The highest BCUT2D eigenvalue weighted by Gasteiger charge is 2.25. The number of hydrogen-bond donors (Lipinski definition) is 4. The van der Waals surface area contributed by atoms with Crippen LogP contribution in [-0.4, -0.2) is 50.5 Å². The normalized spacial score (nSPS) is 12.2. The lowest BCUT2D eigenvalue weighted by Gasteiger charge is -2.18. The van der Waals surface area contributed by atoms with Crippen LogP contribution in [0.1, 0.15) is 26.0 Å². The summed E-state index contributed by atoms with van der Waals surface area (Å²) in [6.07, 6.45) is -2.47. The van der Waals surface area contributed by atoms with Crippen LogP contribution < -0.4 is 20.7 Å². The van der Waals surface area contributed by atoms with Gasteiger partial charge >= 0.3 is 5.69 Å². The molecule has 3 aromatic rings. The summed E-state index contributed by atoms with van der Waals surface area (Å²) in [6.45, 7) is 2.38. The second kappa shape index (κ2) is 10.1. The zero-order chi connectivity index (χ0) is 27.0. The molecule has 2 heterocycles. The van der Waals surface area contributed by atoms with Crippen LogP contribution in [0.2, 0.25) is 10.0 Å². The predicted molar refractivity (Wildman–Crippen MR) is 123 cm³/mol. The smallest absolute Gasteiger partial charge is 0.349 e. The summed E-state index contributed by atoms with van der Waals surface area (Å²) >= 11 is 12.3. The van der Waals surface area contributed by atoms with E-state index in [2.05, 4.69) is 14.8 Å². The molecule has 0 saturated carbocycles. The van der Waals surface area contributed by atoms with Gasteiger partial charge in [0.2, 0.25) is 15.9 Å². The molecule has 0 fully saturated rings. The first-order valence-corrected chi connectivity index (χ1v) is 11.9. The Balaban J connectivity index is 1.98. The van der Waals surface area contributed by atoms with Crippen molar-refractivity contribution in [2.24, 2.45) is 0 Å². The summed E-state index contributed by atoms with van der Waals surface area (Å²) < 4.78 is 59.1. The van der Waals surface area contributed by atoms with Crippen molar-refractivity contribution in [2.45, 2.75) is 30.8 Å². The standard InChI is InChI=1S/C19H17Cl2F2N5O7S/c1-19(2,32)7-25-36(33,34)12-5-13(24-6-11(12)29)35-15-9(20)3-8(4-10(15)21)28-18(31)26-17(30)14(27-28)16(22)23/h3-6,16,25,29,32H,7H2,1-2H3,(H,26,30,31). The second-order valence-corrected chi connectivity index (χ2v) is 10.4. The molecule has 4 N–H and O–H groups in total. The van der Waals surface area contributed by atoms with Crippen molar-refractivity contribution in [2.75, 3.05) is 6.54 Å². The van der Waals surface area contributed by atoms with Gasteiger partial charge in [-0.25, -0.2) is 31.7 Å². The minimum Gasteiger partial charge on any atom is -0.505 e. The first-order valence-electron chi connectivity index (χ1n) is 9.69. The van der Waals surface area contributed by atoms with Crippen LogP contribution >= 0.6 is 23.2 Å². The summed E-state index contributed by atoms with van der Waals surface area (Å²) in [6, 6.07) is 2.99. The van der Waals surface area contributed by atoms with Crippen LogP contribution in [-0.2, 0) is 10.0 Å². The van der Waals surface area contributed by atoms with E-state index in [-0.39, 0.29) is 33.9 Å². The Kier molecular flexibility index (Phi) is 7.71. The molecule has 1 aromatic carbocycles. The van der Waals surface area contributed by atoms with E-state index in [1.54, 1.807) is 4.98 Å². The first-order chi connectivity index (χ1) is 16.6. The average molecular weight is 568 g/mol. The van der Waals surface area contributed by atoms with Gasteiger partial charge in [-0.05, 0) is 26.0 Å². The number of aromatic hydroxyl groups is 1. The number of H-pyrrole nitrogens is 1. The number of rotatable bonds is 8. The van der Waals surface area contributed by atoms with Crippen LogP contribution in [0, 0.1) is 0 Å². The van der Waals surface area contributed by atoms with Gasteiger partial charge < -0.3 is 14.9 Å². The van der Waals surface area contributed by atoms with Gasteiger partial charge in [0.15, 0.2) is 17.2 Å². The van der Waals surface area contributed by atoms with Crippen molar-refractivity contribution in [3.63, 3.8) is 0 Å². The molecule has 3 rings (SSSR count). The summed E-state index contributed by atoms with van der Waals surface area (Å²) in [7, 11) is -4.30. The lowest BCUT2D eigenvalue weighted by molar-refractivity contribution is 0.0857. The van der Waals surface area contributed by atoms with Crippen molar-refractivity contribution in [1.29, 1.82) is 0 Å². The Morgan fingerprint density at radius 3 is 2.39 bits per heavy atom. The molecule has 0 atom stereocenters. The minimum absolute atomic E-state index is 0.196. The molecule has 0 unspecified atom stereocenters. The molecular formula is C19H17Cl2F2N5O7S. The zero-order valence-corrected chi connectivity index (χ0v) is 20.6. The van der Waals surface area contributed by atoms with E-state index in [9.17, 15) is 37.0 Å². The molecule has 17 heteroatoms. The van der Waals surface area contributed by atoms with E-state index >= 15 is 0 Å². The second-order valence-electron chi connectivity index (χ2n) is 7.82. The van der Waals surface area contributed by atoms with Gasteiger partial charge in [0.05, 0.1) is 27.5 Å². The van der Waals surface area contributed by atoms with E-state index in [1.165, 1.54) is 13.8 Å². The Hall–Kier alpha value is -3.11. The molecule has 36 heavy (non-hydrogen) atoms. The maximum atomic E-state index is 13.0. The number of halogens is 4. The van der Waals surface area contributed by atoms with Crippen molar-refractivity contribution < 1.29 is 32.1 Å². The van der Waals surface area contributed by atoms with E-state index in [1.807, 2.05) is 0 Å². The van der Waals surface area contributed by atoms with Crippen LogP contribution in [0.5, 0.6) is 17.4 Å². The SMILES string of the molecule is CC(C)(O)CNS(=O)(=O)c1cc(Oc2c(Cl)cc(-n3nc(C(F)F)c(=O)[nH]c3=O)cc2Cl)ncc1O. The maximum absolute atomic E-state index is 13.0. The molecular weight excluding hydrogens is 551 g/mol. The highest BCUT2D eigenvalue weighted by molar-refractivity contribution is 7.89. The molecule has 0 spiro atoms. The van der Waals surface area contributed by atoms with Crippen LogP contribution in [0.4, 0.5) is 8.78 Å². The van der Waals surface area contributed by atoms with Gasteiger partial charge in [0.25, 0.3) is 12.0 Å². The molecule has 194 valence electrons. The van der Waals surface area contributed by atoms with Crippen LogP contribution in [0.25, 0.3) is 5.69 Å². The Bertz CT molecular complexity index is 1520. The first kappa shape index (κ1) is 27.5. The zero-order valence-electron chi connectivity index (χ0n) is 18.3.